The molecule has 0 bridgehead atoms. The number of benzene rings is 1. The third kappa shape index (κ3) is 68.3. The molecule has 0 aliphatic carbocycles. The average Bonchev–Trinajstić information content (AvgIpc) is 4.45. The summed E-state index contributed by atoms with van der Waals surface area (Å²) in [5.74, 6) is 1.06. The highest BCUT2D eigenvalue weighted by atomic mass is 32.2. The molecule has 0 radical (unpaired) electrons. The van der Waals surface area contributed by atoms with Crippen LogP contribution in [0.4, 0.5) is 0 Å². The molecule has 0 spiro atoms. The van der Waals surface area contributed by atoms with E-state index in [4.69, 9.17) is 0 Å². The fourth-order valence-electron chi connectivity index (χ4n) is 5.04. The molecule has 5 aliphatic heterocycles. The third-order valence-electron chi connectivity index (χ3n) is 8.82. The summed E-state index contributed by atoms with van der Waals surface area (Å²) in [4.78, 5) is 27.9. The number of thioether (sulfide) groups is 1. The van der Waals surface area contributed by atoms with E-state index in [0.717, 1.165) is 32.1 Å². The first-order valence-electron chi connectivity index (χ1n) is 27.3. The molecule has 25 heteroatoms. The number of pyridine rings is 1. The number of allylic oxidation sites excluding steroid dienone is 1. The van der Waals surface area contributed by atoms with Crippen LogP contribution in [0.15, 0.2) is 302 Å². The summed E-state index contributed by atoms with van der Waals surface area (Å²) in [6.07, 6.45) is 58.4. The second kappa shape index (κ2) is 71.2. The highest BCUT2D eigenvalue weighted by Crippen LogP contribution is 2.02. The summed E-state index contributed by atoms with van der Waals surface area (Å²) in [5, 5.41) is 47.2. The standard InChI is InChI=1S/C6H6.2C5H9N.C5H5N.2C4H4N2.C4H9N.C4H7N.C4H5N.C4H4S.2C3H4N2.C3H3NO.C3H5NS.C2H3N3.C2H2N2O/c4*1-2-4-6-5-3-1;1-2-6-4-3-5-1;1-2-5-4-6-3-1;4*1-2-4-5-3-1;1-2-5-3-4-1;2*1-2-4-5-3-1;1-2-5-3-4-1;1-2-4-5-3-1;1-3-4-2-5-1/h1-6H;2,4,6H,1,3,5H2;1-2,6H,3-5H2;1-5H;2*1-4H;5H,1-4H2;1,3,5H,2,4H2;1-5H;1-4H;2*1-3H,(H,4,5);1-3H;1-2,4H,3H2;1-2H,(H,3,4,5);1-2H. The maximum atomic E-state index is 4.36. The van der Waals surface area contributed by atoms with Crippen molar-refractivity contribution in [3.8, 4) is 0 Å². The van der Waals surface area contributed by atoms with Gasteiger partial charge in [0, 0.05) is 113 Å². The Morgan fingerprint density at radius 3 is 1.24 bits per heavy atom. The quantitative estimate of drug-likeness (QED) is 0.0637. The zero-order valence-corrected chi connectivity index (χ0v) is 50.0. The number of imidazole rings is 1. The molecular weight excluding hydrogens is 1120 g/mol. The Kier molecular flexibility index (Phi) is 61.3. The molecule has 86 heavy (non-hydrogen) atoms. The third-order valence-corrected chi connectivity index (χ3v) is 10.1. The highest BCUT2D eigenvalue weighted by Gasteiger charge is 1.93. The van der Waals surface area contributed by atoms with Crippen molar-refractivity contribution in [2.24, 2.45) is 0 Å². The molecule has 0 atom stereocenters. The van der Waals surface area contributed by atoms with Crippen molar-refractivity contribution in [2.45, 2.75) is 38.5 Å². The summed E-state index contributed by atoms with van der Waals surface area (Å²) >= 11 is 3.50. The summed E-state index contributed by atoms with van der Waals surface area (Å²) in [7, 11) is 0. The number of nitrogens with one attached hydrogen (secondary N) is 9. The zero-order chi connectivity index (χ0) is 60.8. The minimum absolute atomic E-state index is 1.06. The van der Waals surface area contributed by atoms with Gasteiger partial charge in [-0.25, -0.2) is 15.0 Å². The molecule has 1 saturated heterocycles. The predicted molar refractivity (Wildman–Crippen MR) is 346 cm³/mol. The van der Waals surface area contributed by atoms with Crippen LogP contribution in [0.25, 0.3) is 0 Å². The maximum absolute atomic E-state index is 4.36. The lowest BCUT2D eigenvalue weighted by molar-refractivity contribution is 0.420. The number of aromatic amines is 4. The van der Waals surface area contributed by atoms with Gasteiger partial charge in [0.05, 0.1) is 30.8 Å². The van der Waals surface area contributed by atoms with E-state index in [1.807, 2.05) is 132 Å². The van der Waals surface area contributed by atoms with E-state index in [1.54, 1.807) is 135 Å². The van der Waals surface area contributed by atoms with Crippen molar-refractivity contribution in [2.75, 3.05) is 45.1 Å². The van der Waals surface area contributed by atoms with E-state index < -0.39 is 0 Å². The van der Waals surface area contributed by atoms with Crippen LogP contribution in [-0.2, 0) is 0 Å². The molecule has 456 valence electrons. The number of hydrogen-bond acceptors (Lipinski definition) is 21. The highest BCUT2D eigenvalue weighted by molar-refractivity contribution is 8.02. The lowest BCUT2D eigenvalue weighted by atomic mass is 10.2. The Bertz CT molecular complexity index is 2070. The van der Waals surface area contributed by atoms with Gasteiger partial charge in [-0.2, -0.15) is 31.8 Å². The van der Waals surface area contributed by atoms with Gasteiger partial charge in [0.15, 0.2) is 0 Å². The Hall–Kier alpha value is -9.95. The monoisotopic (exact) mass is 1210 g/mol. The molecule has 23 nitrogen and oxygen atoms in total. The number of nitrogens with zero attached hydrogens (tertiary/aromatic N) is 12. The first-order chi connectivity index (χ1) is 43.0. The molecule has 1 aromatic carbocycles. The normalized spacial score (nSPS) is 12.0. The van der Waals surface area contributed by atoms with E-state index in [9.17, 15) is 0 Å². The van der Waals surface area contributed by atoms with Gasteiger partial charge in [-0.05, 0) is 129 Å². The van der Waals surface area contributed by atoms with Crippen LogP contribution in [0.1, 0.15) is 38.5 Å². The van der Waals surface area contributed by atoms with Gasteiger partial charge in [0.25, 0.3) is 0 Å². The molecule has 0 amide bonds. The van der Waals surface area contributed by atoms with Crippen molar-refractivity contribution in [1.82, 2.24) is 107 Å². The van der Waals surface area contributed by atoms with Crippen molar-refractivity contribution >= 4 is 23.1 Å². The van der Waals surface area contributed by atoms with Gasteiger partial charge in [0.2, 0.25) is 12.8 Å². The first kappa shape index (κ1) is 74.1. The van der Waals surface area contributed by atoms with E-state index in [0.29, 0.717) is 0 Å². The van der Waals surface area contributed by atoms with Gasteiger partial charge in [-0.1, -0.05) is 84.1 Å². The number of thiophene rings is 1. The lowest BCUT2D eigenvalue weighted by Crippen LogP contribution is -2.17. The van der Waals surface area contributed by atoms with Gasteiger partial charge in [-0.15, -0.1) is 22.0 Å². The molecule has 10 aromatic heterocycles. The van der Waals surface area contributed by atoms with Crippen molar-refractivity contribution in [1.29, 1.82) is 0 Å². The fraction of sp³-hybridized carbons (Fsp3) is 0.213. The van der Waals surface area contributed by atoms with Gasteiger partial charge < -0.3 is 45.5 Å². The number of H-pyrrole nitrogens is 4. The van der Waals surface area contributed by atoms with Crippen LogP contribution in [0.3, 0.4) is 0 Å². The van der Waals surface area contributed by atoms with Gasteiger partial charge >= 0.3 is 0 Å². The summed E-state index contributed by atoms with van der Waals surface area (Å²) < 4.78 is 8.69. The van der Waals surface area contributed by atoms with Crippen LogP contribution in [0.5, 0.6) is 0 Å². The lowest BCUT2D eigenvalue weighted by Gasteiger charge is -2.02. The fourth-order valence-corrected chi connectivity index (χ4v) is 5.98. The van der Waals surface area contributed by atoms with Crippen molar-refractivity contribution in [3.05, 3.63) is 293 Å². The second-order valence-electron chi connectivity index (χ2n) is 15.5. The van der Waals surface area contributed by atoms with Gasteiger partial charge in [-0.3, -0.25) is 20.1 Å². The zero-order valence-electron chi connectivity index (χ0n) is 48.4. The summed E-state index contributed by atoms with van der Waals surface area (Å²) in [6, 6.07) is 31.0. The van der Waals surface area contributed by atoms with Crippen LogP contribution >= 0.6 is 23.1 Å². The first-order valence-corrected chi connectivity index (χ1v) is 29.3. The van der Waals surface area contributed by atoms with Crippen molar-refractivity contribution < 1.29 is 8.94 Å². The molecule has 5 aliphatic rings. The van der Waals surface area contributed by atoms with Crippen molar-refractivity contribution in [3.63, 3.8) is 0 Å². The minimum Gasteiger partial charge on any atom is -0.431 e. The van der Waals surface area contributed by atoms with E-state index in [2.05, 4.69) is 141 Å². The SMILES string of the molecule is C1=CCNCC1.C1=CNCC1.C1=CNCCC1.C1=CSCN1.C1CCNC1.c1c[nH]cn1.c1cc[nH]c1.c1ccccc1.c1ccncc1.c1ccsc1.c1cn[nH]c1.c1cn[nH]n1.c1cnccn1.c1cncnc1.c1cnoc1.c1nnco1. The molecule has 0 unspecified atom stereocenters. The number of aromatic nitrogens is 16. The van der Waals surface area contributed by atoms with E-state index in [1.165, 1.54) is 77.0 Å². The topological polar surface area (TPSA) is 304 Å². The predicted octanol–water partition coefficient (Wildman–Crippen LogP) is 10.9. The average molecular weight is 1210 g/mol. The van der Waals surface area contributed by atoms with E-state index >= 15 is 0 Å². The second-order valence-corrected chi connectivity index (χ2v) is 17.2. The smallest absolute Gasteiger partial charge is 0.203 e. The summed E-state index contributed by atoms with van der Waals surface area (Å²) in [6.45, 7) is 7.03. The Morgan fingerprint density at radius 2 is 1.06 bits per heavy atom. The molecule has 0 saturated carbocycles. The van der Waals surface area contributed by atoms with Crippen LogP contribution in [0, 0.1) is 0 Å². The molecule has 1 fully saturated rings. The molecule has 11 aromatic rings. The number of hydrogen-bond donors (Lipinski definition) is 9. The Balaban J connectivity index is 0.000000459. The summed E-state index contributed by atoms with van der Waals surface area (Å²) in [5.41, 5.74) is 0. The maximum Gasteiger partial charge on any atom is 0.203 e. The van der Waals surface area contributed by atoms with Crippen LogP contribution in [0.2, 0.25) is 0 Å². The molecular formula is C61H83N21O2S2. The Labute approximate surface area is 513 Å². The van der Waals surface area contributed by atoms with Crippen LogP contribution < -0.4 is 26.6 Å². The van der Waals surface area contributed by atoms with Gasteiger partial charge in [0.1, 0.15) is 12.6 Å². The minimum atomic E-state index is 1.06. The molecule has 15 heterocycles. The largest absolute Gasteiger partial charge is 0.431 e. The number of rotatable bonds is 0. The van der Waals surface area contributed by atoms with E-state index in [-0.39, 0.29) is 0 Å². The Morgan fingerprint density at radius 1 is 0.407 bits per heavy atom. The molecule has 16 rings (SSSR count). The molecule has 9 N–H and O–H groups in total. The van der Waals surface area contributed by atoms with Crippen LogP contribution in [-0.4, -0.2) is 126 Å².